The highest BCUT2D eigenvalue weighted by Gasteiger charge is 2.20. The summed E-state index contributed by atoms with van der Waals surface area (Å²) in [4.78, 5) is 34.9. The van der Waals surface area contributed by atoms with Crippen molar-refractivity contribution in [3.8, 4) is 0 Å². The van der Waals surface area contributed by atoms with Gasteiger partial charge in [-0.05, 0) is 23.8 Å². The van der Waals surface area contributed by atoms with E-state index >= 15 is 0 Å². The van der Waals surface area contributed by atoms with Gasteiger partial charge in [-0.1, -0.05) is 30.3 Å². The molecule has 0 saturated heterocycles. The number of nitrogens with one attached hydrogen (secondary N) is 2. The van der Waals surface area contributed by atoms with E-state index in [2.05, 4.69) is 10.6 Å². The van der Waals surface area contributed by atoms with E-state index in [0.717, 1.165) is 23.8 Å². The van der Waals surface area contributed by atoms with Crippen LogP contribution in [0.2, 0.25) is 0 Å². The van der Waals surface area contributed by atoms with Crippen molar-refractivity contribution in [2.45, 2.75) is 19.2 Å². The Morgan fingerprint density at radius 2 is 1.83 bits per heavy atom. The van der Waals surface area contributed by atoms with Crippen molar-refractivity contribution in [2.24, 2.45) is 0 Å². The summed E-state index contributed by atoms with van der Waals surface area (Å²) in [5, 5.41) is 23.2. The van der Waals surface area contributed by atoms with Gasteiger partial charge in [-0.15, -0.1) is 0 Å². The average molecular weight is 404 g/mol. The minimum Gasteiger partial charge on any atom is -0.478 e. The molecule has 2 rings (SSSR count). The minimum atomic E-state index is -1.19. The first-order valence-corrected chi connectivity index (χ1v) is 8.74. The van der Waals surface area contributed by atoms with Crippen LogP contribution < -0.4 is 10.6 Å². The van der Waals surface area contributed by atoms with Gasteiger partial charge >= 0.3 is 12.1 Å². The third-order valence-corrected chi connectivity index (χ3v) is 3.98. The lowest BCUT2D eigenvalue weighted by Gasteiger charge is -2.16. The molecule has 0 radical (unpaired) electrons. The summed E-state index contributed by atoms with van der Waals surface area (Å²) in [6.45, 7) is -1.00. The summed E-state index contributed by atoms with van der Waals surface area (Å²) in [5.41, 5.74) is 0.765. The molecular formula is C20H21FN2O6. The number of ether oxygens (including phenoxy) is 1. The molecule has 154 valence electrons. The van der Waals surface area contributed by atoms with Gasteiger partial charge in [0.1, 0.15) is 18.5 Å². The van der Waals surface area contributed by atoms with Gasteiger partial charge in [0.2, 0.25) is 0 Å². The normalized spacial score (nSPS) is 11.5. The van der Waals surface area contributed by atoms with E-state index in [1.807, 2.05) is 6.07 Å². The molecule has 4 N–H and O–H groups in total. The van der Waals surface area contributed by atoms with Crippen LogP contribution in [0.1, 0.15) is 21.5 Å². The molecule has 9 heteroatoms. The molecule has 0 aliphatic heterocycles. The van der Waals surface area contributed by atoms with Crippen LogP contribution in [-0.4, -0.2) is 47.3 Å². The van der Waals surface area contributed by atoms with Crippen molar-refractivity contribution >= 4 is 17.8 Å². The molecule has 0 unspecified atom stereocenters. The Morgan fingerprint density at radius 1 is 1.10 bits per heavy atom. The predicted octanol–water partition coefficient (Wildman–Crippen LogP) is 1.47. The quantitative estimate of drug-likeness (QED) is 0.473. The molecule has 0 aliphatic carbocycles. The molecule has 2 aromatic rings. The second kappa shape index (κ2) is 10.9. The SMILES string of the molecule is O=C(N[C@@H](CO)C(=O)CNCc1cc(C(=O)O)ccc1F)OCc1ccccc1. The standard InChI is InChI=1S/C20H21FN2O6/c21-16-7-6-14(19(26)27)8-15(16)9-22-10-18(25)17(11-24)23-20(28)29-12-13-4-2-1-3-5-13/h1-8,17,22,24H,9-12H2,(H,23,28)(H,26,27)/t17-/m0/s1. The molecule has 1 amide bonds. The number of alkyl carbamates (subject to hydrolysis) is 1. The third-order valence-electron chi connectivity index (χ3n) is 3.98. The summed E-state index contributed by atoms with van der Waals surface area (Å²) in [6.07, 6.45) is -0.860. The Bertz CT molecular complexity index is 859. The van der Waals surface area contributed by atoms with Crippen LogP contribution in [0, 0.1) is 5.82 Å². The fourth-order valence-corrected chi connectivity index (χ4v) is 2.42. The molecule has 0 spiro atoms. The van der Waals surface area contributed by atoms with Gasteiger partial charge in [-0.3, -0.25) is 4.79 Å². The predicted molar refractivity (Wildman–Crippen MR) is 101 cm³/mol. The highest BCUT2D eigenvalue weighted by Crippen LogP contribution is 2.10. The highest BCUT2D eigenvalue weighted by atomic mass is 19.1. The Kier molecular flexibility index (Phi) is 8.26. The number of aliphatic hydroxyl groups excluding tert-OH is 1. The van der Waals surface area contributed by atoms with Gasteiger partial charge in [0.05, 0.1) is 18.7 Å². The Balaban J connectivity index is 1.81. The van der Waals surface area contributed by atoms with E-state index in [1.165, 1.54) is 0 Å². The van der Waals surface area contributed by atoms with Crippen LogP contribution in [0.4, 0.5) is 9.18 Å². The van der Waals surface area contributed by atoms with Crippen LogP contribution >= 0.6 is 0 Å². The average Bonchev–Trinajstić information content (AvgIpc) is 2.72. The van der Waals surface area contributed by atoms with Gasteiger partial charge in [0.15, 0.2) is 5.78 Å². The fraction of sp³-hybridized carbons (Fsp3) is 0.250. The molecule has 0 bridgehead atoms. The van der Waals surface area contributed by atoms with Gasteiger partial charge in [0, 0.05) is 12.1 Å². The first-order valence-electron chi connectivity index (χ1n) is 8.74. The van der Waals surface area contributed by atoms with Crippen molar-refractivity contribution in [1.82, 2.24) is 10.6 Å². The van der Waals surface area contributed by atoms with E-state index in [-0.39, 0.29) is 30.8 Å². The number of carbonyl (C=O) groups excluding carboxylic acids is 2. The lowest BCUT2D eigenvalue weighted by Crippen LogP contribution is -2.46. The number of hydrogen-bond donors (Lipinski definition) is 4. The zero-order valence-electron chi connectivity index (χ0n) is 15.4. The molecule has 1 atom stereocenters. The Hall–Kier alpha value is -3.30. The number of hydrogen-bond acceptors (Lipinski definition) is 6. The second-order valence-electron chi connectivity index (χ2n) is 6.12. The topological polar surface area (TPSA) is 125 Å². The summed E-state index contributed by atoms with van der Waals surface area (Å²) >= 11 is 0. The second-order valence-corrected chi connectivity index (χ2v) is 6.12. The van der Waals surface area contributed by atoms with Gasteiger partial charge < -0.3 is 25.6 Å². The first-order chi connectivity index (χ1) is 13.9. The van der Waals surface area contributed by atoms with E-state index in [0.29, 0.717) is 0 Å². The summed E-state index contributed by atoms with van der Waals surface area (Å²) < 4.78 is 18.7. The van der Waals surface area contributed by atoms with Gasteiger partial charge in [0.25, 0.3) is 0 Å². The first kappa shape index (κ1) is 22.0. The van der Waals surface area contributed by atoms with Crippen LogP contribution in [-0.2, 0) is 22.7 Å². The number of carboxylic acid groups (broad SMARTS) is 1. The van der Waals surface area contributed by atoms with Crippen LogP contribution in [0.3, 0.4) is 0 Å². The van der Waals surface area contributed by atoms with E-state index < -0.39 is 36.3 Å². The number of amides is 1. The van der Waals surface area contributed by atoms with Crippen LogP contribution in [0.5, 0.6) is 0 Å². The van der Waals surface area contributed by atoms with Crippen molar-refractivity contribution in [1.29, 1.82) is 0 Å². The monoisotopic (exact) mass is 404 g/mol. The molecular weight excluding hydrogens is 383 g/mol. The number of aromatic carboxylic acids is 1. The zero-order chi connectivity index (χ0) is 21.2. The molecule has 8 nitrogen and oxygen atoms in total. The number of rotatable bonds is 10. The molecule has 0 saturated carbocycles. The number of carboxylic acids is 1. The van der Waals surface area contributed by atoms with Crippen molar-refractivity contribution < 1.29 is 33.7 Å². The van der Waals surface area contributed by atoms with E-state index in [1.54, 1.807) is 24.3 Å². The van der Waals surface area contributed by atoms with Crippen LogP contribution in [0.25, 0.3) is 0 Å². The number of benzene rings is 2. The highest BCUT2D eigenvalue weighted by molar-refractivity contribution is 5.89. The number of Topliss-reactive ketones (excluding diaryl/α,β-unsaturated/α-hetero) is 1. The van der Waals surface area contributed by atoms with Gasteiger partial charge in [-0.25, -0.2) is 14.0 Å². The van der Waals surface area contributed by atoms with Crippen LogP contribution in [0.15, 0.2) is 48.5 Å². The largest absolute Gasteiger partial charge is 0.478 e. The molecule has 0 fully saturated rings. The summed E-state index contributed by atoms with van der Waals surface area (Å²) in [6, 6.07) is 11.1. The fourth-order valence-electron chi connectivity index (χ4n) is 2.42. The number of aliphatic hydroxyl groups is 1. The maximum Gasteiger partial charge on any atom is 0.408 e. The minimum absolute atomic E-state index is 0.0104. The molecule has 0 aliphatic rings. The lowest BCUT2D eigenvalue weighted by atomic mass is 10.1. The Labute approximate surface area is 166 Å². The van der Waals surface area contributed by atoms with Crippen molar-refractivity contribution in [3.05, 3.63) is 71.0 Å². The number of ketones is 1. The molecule has 29 heavy (non-hydrogen) atoms. The van der Waals surface area contributed by atoms with Crippen molar-refractivity contribution in [2.75, 3.05) is 13.2 Å². The summed E-state index contributed by atoms with van der Waals surface area (Å²) in [5.74, 6) is -2.35. The van der Waals surface area contributed by atoms with Crippen molar-refractivity contribution in [3.63, 3.8) is 0 Å². The molecule has 0 aromatic heterocycles. The summed E-state index contributed by atoms with van der Waals surface area (Å²) in [7, 11) is 0. The van der Waals surface area contributed by atoms with Gasteiger partial charge in [-0.2, -0.15) is 0 Å². The smallest absolute Gasteiger partial charge is 0.408 e. The van der Waals surface area contributed by atoms with E-state index in [4.69, 9.17) is 9.84 Å². The molecule has 2 aromatic carbocycles. The lowest BCUT2D eigenvalue weighted by molar-refractivity contribution is -0.121. The Morgan fingerprint density at radius 3 is 2.48 bits per heavy atom. The zero-order valence-corrected chi connectivity index (χ0v) is 15.4. The maximum atomic E-state index is 13.7. The number of halogens is 1. The number of carbonyl (C=O) groups is 3. The molecule has 0 heterocycles. The maximum absolute atomic E-state index is 13.7. The van der Waals surface area contributed by atoms with E-state index in [9.17, 15) is 23.9 Å². The third kappa shape index (κ3) is 6.98.